The summed E-state index contributed by atoms with van der Waals surface area (Å²) < 4.78 is 23.4. The van der Waals surface area contributed by atoms with E-state index in [-0.39, 0.29) is 35.7 Å². The number of sulfone groups is 1. The maximum Gasteiger partial charge on any atom is 0.227 e. The Bertz CT molecular complexity index is 811. The molecule has 6 heteroatoms. The van der Waals surface area contributed by atoms with Crippen LogP contribution in [0.25, 0.3) is 5.57 Å². The number of carbonyl (C=O) groups excluding carboxylic acids is 2. The summed E-state index contributed by atoms with van der Waals surface area (Å²) in [4.78, 5) is 26.7. The molecule has 1 aromatic rings. The number of amides is 1. The molecule has 1 saturated heterocycles. The maximum absolute atomic E-state index is 12.8. The van der Waals surface area contributed by atoms with Crippen LogP contribution in [0.1, 0.15) is 38.2 Å². The molecule has 0 saturated carbocycles. The summed E-state index contributed by atoms with van der Waals surface area (Å²) in [6, 6.07) is 9.42. The smallest absolute Gasteiger partial charge is 0.227 e. The zero-order valence-electron chi connectivity index (χ0n) is 14.4. The fraction of sp³-hybridized carbons (Fsp3) is 0.474. The van der Waals surface area contributed by atoms with Crippen LogP contribution in [-0.2, 0) is 19.4 Å². The van der Waals surface area contributed by atoms with Gasteiger partial charge in [-0.2, -0.15) is 0 Å². The summed E-state index contributed by atoms with van der Waals surface area (Å²) in [5.74, 6) is 0.0503. The molecule has 1 aromatic carbocycles. The van der Waals surface area contributed by atoms with E-state index in [0.29, 0.717) is 31.4 Å². The zero-order valence-corrected chi connectivity index (χ0v) is 15.2. The normalized spacial score (nSPS) is 22.4. The van der Waals surface area contributed by atoms with Gasteiger partial charge >= 0.3 is 0 Å². The third-order valence-electron chi connectivity index (χ3n) is 5.06. The second-order valence-corrected chi connectivity index (χ2v) is 8.89. The van der Waals surface area contributed by atoms with E-state index in [4.69, 9.17) is 0 Å². The van der Waals surface area contributed by atoms with Gasteiger partial charge in [0.1, 0.15) is 0 Å². The molecule has 0 aromatic heterocycles. The van der Waals surface area contributed by atoms with Crippen LogP contribution < -0.4 is 0 Å². The van der Waals surface area contributed by atoms with Crippen LogP contribution in [0.5, 0.6) is 0 Å². The Kier molecular flexibility index (Phi) is 5.08. The fourth-order valence-electron chi connectivity index (χ4n) is 3.78. The molecule has 1 amide bonds. The monoisotopic (exact) mass is 361 g/mol. The lowest BCUT2D eigenvalue weighted by Gasteiger charge is -2.27. The molecule has 3 rings (SSSR count). The van der Waals surface area contributed by atoms with Gasteiger partial charge in [-0.05, 0) is 30.9 Å². The van der Waals surface area contributed by atoms with E-state index in [0.717, 1.165) is 11.1 Å². The average Bonchev–Trinajstić information content (AvgIpc) is 3.12. The lowest BCUT2D eigenvalue weighted by atomic mass is 9.99. The molecule has 1 heterocycles. The first-order chi connectivity index (χ1) is 11.9. The minimum atomic E-state index is -3.05. The van der Waals surface area contributed by atoms with E-state index >= 15 is 0 Å². The van der Waals surface area contributed by atoms with E-state index in [1.807, 2.05) is 37.3 Å². The van der Waals surface area contributed by atoms with Crippen LogP contribution in [-0.4, -0.2) is 49.1 Å². The number of ketones is 1. The van der Waals surface area contributed by atoms with Crippen LogP contribution in [0.3, 0.4) is 0 Å². The molecule has 0 radical (unpaired) electrons. The van der Waals surface area contributed by atoms with Crippen molar-refractivity contribution in [2.45, 2.75) is 38.6 Å². The van der Waals surface area contributed by atoms with Crippen molar-refractivity contribution in [1.29, 1.82) is 0 Å². The summed E-state index contributed by atoms with van der Waals surface area (Å²) in [6.07, 6.45) is 1.65. The Balaban J connectivity index is 1.81. The standard InChI is InChI=1S/C19H23NO4S/c1-2-20(15-10-11-25(23,24)13-15)19(22)12-17-16(8-9-18(17)21)14-6-4-3-5-7-14/h3-7,15H,2,8-13H2,1H3/t15-/m0/s1. The van der Waals surface area contributed by atoms with E-state index < -0.39 is 9.84 Å². The second-order valence-electron chi connectivity index (χ2n) is 6.66. The molecule has 25 heavy (non-hydrogen) atoms. The number of hydrogen-bond acceptors (Lipinski definition) is 4. The highest BCUT2D eigenvalue weighted by Crippen LogP contribution is 2.34. The molecule has 1 fully saturated rings. The molecule has 0 N–H and O–H groups in total. The van der Waals surface area contributed by atoms with Crippen molar-refractivity contribution in [3.8, 4) is 0 Å². The number of hydrogen-bond donors (Lipinski definition) is 0. The molecule has 0 bridgehead atoms. The summed E-state index contributed by atoms with van der Waals surface area (Å²) in [6.45, 7) is 2.31. The molecular formula is C19H23NO4S. The van der Waals surface area contributed by atoms with Crippen LogP contribution in [0, 0.1) is 0 Å². The first kappa shape index (κ1) is 17.9. The SMILES string of the molecule is CCN(C(=O)CC1=C(c2ccccc2)CCC1=O)[C@H]1CCS(=O)(=O)C1. The summed E-state index contributed by atoms with van der Waals surface area (Å²) >= 11 is 0. The molecule has 0 unspecified atom stereocenters. The Labute approximate surface area is 148 Å². The van der Waals surface area contributed by atoms with Crippen molar-refractivity contribution in [2.24, 2.45) is 0 Å². The molecule has 5 nitrogen and oxygen atoms in total. The van der Waals surface area contributed by atoms with Gasteiger partial charge in [-0.3, -0.25) is 9.59 Å². The summed E-state index contributed by atoms with van der Waals surface area (Å²) in [5, 5.41) is 0. The number of allylic oxidation sites excluding steroid dienone is 1. The molecule has 1 atom stereocenters. The predicted octanol–water partition coefficient (Wildman–Crippen LogP) is 2.23. The number of benzene rings is 1. The fourth-order valence-corrected chi connectivity index (χ4v) is 5.51. The van der Waals surface area contributed by atoms with Gasteiger partial charge in [-0.25, -0.2) is 8.42 Å². The second kappa shape index (κ2) is 7.12. The highest BCUT2D eigenvalue weighted by atomic mass is 32.2. The van der Waals surface area contributed by atoms with Gasteiger partial charge < -0.3 is 4.90 Å². The third kappa shape index (κ3) is 3.84. The van der Waals surface area contributed by atoms with Crippen molar-refractivity contribution >= 4 is 27.1 Å². The molecule has 134 valence electrons. The number of rotatable bonds is 5. The summed E-state index contributed by atoms with van der Waals surface area (Å²) in [7, 11) is -3.05. The predicted molar refractivity (Wildman–Crippen MR) is 96.7 cm³/mol. The molecule has 1 aliphatic heterocycles. The van der Waals surface area contributed by atoms with Crippen molar-refractivity contribution in [1.82, 2.24) is 4.90 Å². The Morgan fingerprint density at radius 3 is 2.52 bits per heavy atom. The lowest BCUT2D eigenvalue weighted by molar-refractivity contribution is -0.132. The number of nitrogens with zero attached hydrogens (tertiary/aromatic N) is 1. The largest absolute Gasteiger partial charge is 0.339 e. The van der Waals surface area contributed by atoms with Crippen LogP contribution in [0.2, 0.25) is 0 Å². The maximum atomic E-state index is 12.8. The van der Waals surface area contributed by atoms with E-state index in [2.05, 4.69) is 0 Å². The van der Waals surface area contributed by atoms with Crippen LogP contribution in [0.4, 0.5) is 0 Å². The van der Waals surface area contributed by atoms with Crippen molar-refractivity contribution < 1.29 is 18.0 Å². The van der Waals surface area contributed by atoms with Gasteiger partial charge in [-0.1, -0.05) is 30.3 Å². The van der Waals surface area contributed by atoms with E-state index in [1.165, 1.54) is 0 Å². The highest BCUT2D eigenvalue weighted by Gasteiger charge is 2.35. The average molecular weight is 361 g/mol. The lowest BCUT2D eigenvalue weighted by Crippen LogP contribution is -2.41. The Hall–Kier alpha value is -1.95. The van der Waals surface area contributed by atoms with Gasteiger partial charge in [0.25, 0.3) is 0 Å². The highest BCUT2D eigenvalue weighted by molar-refractivity contribution is 7.91. The topological polar surface area (TPSA) is 71.5 Å². The van der Waals surface area contributed by atoms with Gasteiger partial charge in [0.15, 0.2) is 15.6 Å². The van der Waals surface area contributed by atoms with Crippen molar-refractivity contribution in [3.05, 3.63) is 41.5 Å². The Morgan fingerprint density at radius 2 is 1.92 bits per heavy atom. The van der Waals surface area contributed by atoms with Crippen LogP contribution in [0.15, 0.2) is 35.9 Å². The first-order valence-electron chi connectivity index (χ1n) is 8.72. The van der Waals surface area contributed by atoms with E-state index in [9.17, 15) is 18.0 Å². The van der Waals surface area contributed by atoms with Gasteiger partial charge in [0.2, 0.25) is 5.91 Å². The Morgan fingerprint density at radius 1 is 1.20 bits per heavy atom. The number of Topliss-reactive ketones (excluding diaryl/α,β-unsaturated/α-hetero) is 1. The molecule has 2 aliphatic rings. The number of carbonyl (C=O) groups is 2. The van der Waals surface area contributed by atoms with Crippen molar-refractivity contribution in [3.63, 3.8) is 0 Å². The minimum Gasteiger partial charge on any atom is -0.339 e. The van der Waals surface area contributed by atoms with Crippen molar-refractivity contribution in [2.75, 3.05) is 18.1 Å². The summed E-state index contributed by atoms with van der Waals surface area (Å²) in [5.41, 5.74) is 2.53. The van der Waals surface area contributed by atoms with Gasteiger partial charge in [-0.15, -0.1) is 0 Å². The molecular weight excluding hydrogens is 338 g/mol. The molecule has 0 spiro atoms. The van der Waals surface area contributed by atoms with Gasteiger partial charge in [0, 0.05) is 24.6 Å². The van der Waals surface area contributed by atoms with Gasteiger partial charge in [0.05, 0.1) is 17.9 Å². The minimum absolute atomic E-state index is 0.0299. The van der Waals surface area contributed by atoms with E-state index in [1.54, 1.807) is 4.90 Å². The third-order valence-corrected chi connectivity index (χ3v) is 6.81. The quantitative estimate of drug-likeness (QED) is 0.806. The first-order valence-corrected chi connectivity index (χ1v) is 10.5. The van der Waals surface area contributed by atoms with Crippen LogP contribution >= 0.6 is 0 Å². The zero-order chi connectivity index (χ0) is 18.0. The molecule has 1 aliphatic carbocycles.